The number of aromatic nitrogens is 5. The van der Waals surface area contributed by atoms with Gasteiger partial charge in [0.2, 0.25) is 0 Å². The van der Waals surface area contributed by atoms with E-state index in [1.54, 1.807) is 18.0 Å². The maximum Gasteiger partial charge on any atom is 0.192 e. The molecule has 3 heterocycles. The molecule has 0 aliphatic heterocycles. The zero-order valence-electron chi connectivity index (χ0n) is 15.3. The highest BCUT2D eigenvalue weighted by Crippen LogP contribution is 2.41. The highest BCUT2D eigenvalue weighted by molar-refractivity contribution is 7.98. The predicted molar refractivity (Wildman–Crippen MR) is 113 cm³/mol. The van der Waals surface area contributed by atoms with Crippen molar-refractivity contribution in [2.24, 2.45) is 0 Å². The van der Waals surface area contributed by atoms with Gasteiger partial charge in [-0.25, -0.2) is 0 Å². The lowest BCUT2D eigenvalue weighted by Crippen LogP contribution is -2.01. The zero-order chi connectivity index (χ0) is 19.1. The quantitative estimate of drug-likeness (QED) is 0.410. The highest BCUT2D eigenvalue weighted by atomic mass is 35.5. The number of nitrogens with zero attached hydrogens (tertiary/aromatic N) is 5. The fraction of sp³-hybridized carbons (Fsp3) is 0.238. The second kappa shape index (κ2) is 7.18. The van der Waals surface area contributed by atoms with Crippen molar-refractivity contribution in [2.45, 2.75) is 36.7 Å². The average molecular weight is 408 g/mol. The maximum absolute atomic E-state index is 6.63. The summed E-state index contributed by atoms with van der Waals surface area (Å²) < 4.78 is 2.24. The van der Waals surface area contributed by atoms with Crippen LogP contribution in [0.1, 0.15) is 30.1 Å². The molecule has 0 N–H and O–H groups in total. The number of fused-ring (bicyclic) bond motifs is 1. The molecule has 1 aliphatic rings. The van der Waals surface area contributed by atoms with Crippen LogP contribution in [0.15, 0.2) is 53.9 Å². The molecule has 1 saturated carbocycles. The fourth-order valence-corrected chi connectivity index (χ4v) is 4.61. The monoisotopic (exact) mass is 407 g/mol. The molecule has 5 nitrogen and oxygen atoms in total. The Kier molecular flexibility index (Phi) is 4.53. The molecule has 1 fully saturated rings. The van der Waals surface area contributed by atoms with Gasteiger partial charge in [0.25, 0.3) is 0 Å². The van der Waals surface area contributed by atoms with Crippen LogP contribution < -0.4 is 0 Å². The van der Waals surface area contributed by atoms with Gasteiger partial charge in [0.1, 0.15) is 0 Å². The van der Waals surface area contributed by atoms with Crippen LogP contribution in [0, 0.1) is 6.92 Å². The molecule has 0 amide bonds. The molecule has 0 radical (unpaired) electrons. The van der Waals surface area contributed by atoms with E-state index in [2.05, 4.69) is 25.8 Å². The van der Waals surface area contributed by atoms with Crippen LogP contribution in [0.25, 0.3) is 22.3 Å². The van der Waals surface area contributed by atoms with Gasteiger partial charge in [-0.1, -0.05) is 41.6 Å². The van der Waals surface area contributed by atoms with E-state index in [0.29, 0.717) is 11.8 Å². The number of thioether (sulfide) groups is 1. The SMILES string of the molecule is Cc1c(Cl)c(CSc2nnc(-c3cccnc3)n2C2CC2)nc2ccccc12. The minimum Gasteiger partial charge on any atom is -0.299 e. The highest BCUT2D eigenvalue weighted by Gasteiger charge is 2.30. The van der Waals surface area contributed by atoms with Crippen LogP contribution in [0.3, 0.4) is 0 Å². The first kappa shape index (κ1) is 17.6. The minimum absolute atomic E-state index is 0.467. The van der Waals surface area contributed by atoms with Gasteiger partial charge in [0.05, 0.1) is 16.2 Å². The molecule has 0 saturated heterocycles. The zero-order valence-corrected chi connectivity index (χ0v) is 16.9. The third-order valence-electron chi connectivity index (χ3n) is 4.98. The summed E-state index contributed by atoms with van der Waals surface area (Å²) in [7, 11) is 0. The molecular formula is C21H18ClN5S. The number of hydrogen-bond donors (Lipinski definition) is 0. The van der Waals surface area contributed by atoms with E-state index in [1.165, 1.54) is 0 Å². The fourth-order valence-electron chi connectivity index (χ4n) is 3.38. The van der Waals surface area contributed by atoms with Crippen molar-refractivity contribution in [3.63, 3.8) is 0 Å². The van der Waals surface area contributed by atoms with E-state index in [9.17, 15) is 0 Å². The first-order valence-corrected chi connectivity index (χ1v) is 10.6. The summed E-state index contributed by atoms with van der Waals surface area (Å²) in [5, 5.41) is 11.6. The summed E-state index contributed by atoms with van der Waals surface area (Å²) in [5.41, 5.74) is 3.92. The Hall–Kier alpha value is -2.44. The summed E-state index contributed by atoms with van der Waals surface area (Å²) in [6.07, 6.45) is 5.93. The normalized spacial score (nSPS) is 13.9. The van der Waals surface area contributed by atoms with E-state index in [4.69, 9.17) is 16.6 Å². The summed E-state index contributed by atoms with van der Waals surface area (Å²) >= 11 is 8.26. The first-order valence-electron chi connectivity index (χ1n) is 9.24. The van der Waals surface area contributed by atoms with Gasteiger partial charge >= 0.3 is 0 Å². The van der Waals surface area contributed by atoms with Crippen molar-refractivity contribution in [1.82, 2.24) is 24.7 Å². The standard InChI is InChI=1S/C21H18ClN5S/c1-13-16-6-2-3-7-17(16)24-18(19(13)22)12-28-21-26-25-20(27(21)15-8-9-15)14-5-4-10-23-11-14/h2-7,10-11,15H,8-9,12H2,1H3. The summed E-state index contributed by atoms with van der Waals surface area (Å²) in [4.78, 5) is 9.01. The molecule has 7 heteroatoms. The third kappa shape index (κ3) is 3.16. The van der Waals surface area contributed by atoms with Crippen molar-refractivity contribution in [2.75, 3.05) is 0 Å². The molecule has 28 heavy (non-hydrogen) atoms. The van der Waals surface area contributed by atoms with Crippen LogP contribution in [0.4, 0.5) is 0 Å². The van der Waals surface area contributed by atoms with Gasteiger partial charge in [0, 0.05) is 35.1 Å². The molecule has 5 rings (SSSR count). The van der Waals surface area contributed by atoms with Crippen LogP contribution >= 0.6 is 23.4 Å². The second-order valence-electron chi connectivity index (χ2n) is 6.95. The van der Waals surface area contributed by atoms with E-state index in [-0.39, 0.29) is 0 Å². The van der Waals surface area contributed by atoms with Crippen LogP contribution in [0.2, 0.25) is 5.02 Å². The topological polar surface area (TPSA) is 56.5 Å². The molecule has 140 valence electrons. The molecule has 0 spiro atoms. The van der Waals surface area contributed by atoms with Crippen molar-refractivity contribution in [3.05, 3.63) is 65.1 Å². The molecular weight excluding hydrogens is 390 g/mol. The van der Waals surface area contributed by atoms with Crippen molar-refractivity contribution < 1.29 is 0 Å². The van der Waals surface area contributed by atoms with Crippen LogP contribution in [0.5, 0.6) is 0 Å². The first-order chi connectivity index (χ1) is 13.7. The van der Waals surface area contributed by atoms with E-state index >= 15 is 0 Å². The molecule has 0 bridgehead atoms. The lowest BCUT2D eigenvalue weighted by molar-refractivity contribution is 0.669. The summed E-state index contributed by atoms with van der Waals surface area (Å²) in [6.45, 7) is 2.05. The number of benzene rings is 1. The van der Waals surface area contributed by atoms with Gasteiger partial charge in [-0.2, -0.15) is 0 Å². The minimum atomic E-state index is 0.467. The number of pyridine rings is 2. The Morgan fingerprint density at radius 1 is 1.14 bits per heavy atom. The largest absolute Gasteiger partial charge is 0.299 e. The molecule has 3 aromatic heterocycles. The van der Waals surface area contributed by atoms with Gasteiger partial charge in [-0.15, -0.1) is 10.2 Å². The van der Waals surface area contributed by atoms with Crippen LogP contribution in [-0.2, 0) is 5.75 Å². The number of para-hydroxylation sites is 1. The van der Waals surface area contributed by atoms with E-state index in [0.717, 1.165) is 56.6 Å². The second-order valence-corrected chi connectivity index (χ2v) is 8.27. The van der Waals surface area contributed by atoms with E-state index in [1.807, 2.05) is 43.5 Å². The number of hydrogen-bond acceptors (Lipinski definition) is 5. The van der Waals surface area contributed by atoms with Gasteiger partial charge in [-0.05, 0) is 43.5 Å². The van der Waals surface area contributed by atoms with Crippen molar-refractivity contribution >= 4 is 34.3 Å². The maximum atomic E-state index is 6.63. The van der Waals surface area contributed by atoms with E-state index < -0.39 is 0 Å². The predicted octanol–water partition coefficient (Wildman–Crippen LogP) is 5.48. The van der Waals surface area contributed by atoms with Gasteiger partial charge in [-0.3, -0.25) is 14.5 Å². The Bertz CT molecular complexity index is 1150. The van der Waals surface area contributed by atoms with Crippen molar-refractivity contribution in [1.29, 1.82) is 0 Å². The van der Waals surface area contributed by atoms with Gasteiger partial charge in [0.15, 0.2) is 11.0 Å². The Morgan fingerprint density at radius 2 is 2.00 bits per heavy atom. The molecule has 1 aliphatic carbocycles. The third-order valence-corrected chi connectivity index (χ3v) is 6.44. The Labute approximate surface area is 172 Å². The Morgan fingerprint density at radius 3 is 2.79 bits per heavy atom. The van der Waals surface area contributed by atoms with Crippen LogP contribution in [-0.4, -0.2) is 24.7 Å². The molecule has 1 aromatic carbocycles. The lowest BCUT2D eigenvalue weighted by atomic mass is 10.1. The Balaban J connectivity index is 1.47. The molecule has 0 atom stereocenters. The number of aryl methyl sites for hydroxylation is 1. The smallest absolute Gasteiger partial charge is 0.192 e. The summed E-state index contributed by atoms with van der Waals surface area (Å²) in [6, 6.07) is 12.5. The van der Waals surface area contributed by atoms with Crippen molar-refractivity contribution in [3.8, 4) is 11.4 Å². The number of rotatable bonds is 5. The summed E-state index contributed by atoms with van der Waals surface area (Å²) in [5.74, 6) is 1.54. The molecule has 4 aromatic rings. The molecule has 0 unspecified atom stereocenters. The van der Waals surface area contributed by atoms with Gasteiger partial charge < -0.3 is 0 Å². The average Bonchev–Trinajstić information content (AvgIpc) is 3.49. The lowest BCUT2D eigenvalue weighted by Gasteiger charge is -2.11. The number of halogens is 1.